The van der Waals surface area contributed by atoms with E-state index >= 15 is 0 Å². The lowest BCUT2D eigenvalue weighted by molar-refractivity contribution is -0.148. The summed E-state index contributed by atoms with van der Waals surface area (Å²) >= 11 is 1.64. The highest BCUT2D eigenvalue weighted by Gasteiger charge is 2.29. The number of aromatic nitrogens is 2. The molecule has 0 atom stereocenters. The van der Waals surface area contributed by atoms with E-state index in [-0.39, 0.29) is 5.92 Å². The zero-order chi connectivity index (χ0) is 22.1. The van der Waals surface area contributed by atoms with Crippen LogP contribution in [0.2, 0.25) is 0 Å². The van der Waals surface area contributed by atoms with Gasteiger partial charge in [-0.15, -0.1) is 11.3 Å². The van der Waals surface area contributed by atoms with Crippen LogP contribution in [0.4, 0.5) is 14.6 Å². The van der Waals surface area contributed by atoms with Crippen molar-refractivity contribution in [2.24, 2.45) is 5.92 Å². The van der Waals surface area contributed by atoms with Gasteiger partial charge >= 0.3 is 5.97 Å². The third-order valence-corrected chi connectivity index (χ3v) is 6.76. The molecule has 31 heavy (non-hydrogen) atoms. The molecule has 1 fully saturated rings. The first-order valence-corrected chi connectivity index (χ1v) is 10.8. The predicted octanol–water partition coefficient (Wildman–Crippen LogP) is 4.23. The van der Waals surface area contributed by atoms with Gasteiger partial charge in [0, 0.05) is 18.0 Å². The summed E-state index contributed by atoms with van der Waals surface area (Å²) in [5, 5.41) is 1.05. The monoisotopic (exact) mass is 445 g/mol. The van der Waals surface area contributed by atoms with E-state index in [9.17, 15) is 18.4 Å². The maximum Gasteiger partial charge on any atom is 0.309 e. The van der Waals surface area contributed by atoms with E-state index in [1.165, 1.54) is 10.4 Å². The van der Waals surface area contributed by atoms with Gasteiger partial charge in [-0.25, -0.2) is 18.7 Å². The van der Waals surface area contributed by atoms with Crippen LogP contribution in [0.1, 0.15) is 33.6 Å². The molecule has 1 aliphatic rings. The number of ether oxygens (including phenoxy) is 1. The smallest absolute Gasteiger partial charge is 0.309 e. The predicted molar refractivity (Wildman–Crippen MR) is 113 cm³/mol. The first-order valence-electron chi connectivity index (χ1n) is 9.95. The lowest BCUT2D eigenvalue weighted by Gasteiger charge is -2.32. The molecule has 0 unspecified atom stereocenters. The number of piperidine rings is 1. The molecule has 0 amide bonds. The Morgan fingerprint density at radius 3 is 2.68 bits per heavy atom. The maximum absolute atomic E-state index is 13.7. The number of halogens is 2. The Hall–Kier alpha value is -2.94. The number of anilines is 1. The van der Waals surface area contributed by atoms with Crippen LogP contribution in [0.15, 0.2) is 24.5 Å². The van der Waals surface area contributed by atoms with Crippen LogP contribution in [0, 0.1) is 31.4 Å². The molecule has 9 heteroatoms. The number of thiophene rings is 1. The minimum atomic E-state index is -0.842. The Balaban J connectivity index is 1.36. The number of fused-ring (bicyclic) bond motifs is 1. The number of rotatable bonds is 5. The molecule has 0 N–H and O–H groups in total. The summed E-state index contributed by atoms with van der Waals surface area (Å²) in [6.07, 6.45) is 2.66. The second-order valence-corrected chi connectivity index (χ2v) is 8.78. The molecule has 0 spiro atoms. The normalized spacial score (nSPS) is 14.8. The van der Waals surface area contributed by atoms with Crippen molar-refractivity contribution in [2.45, 2.75) is 26.7 Å². The fraction of sp³-hybridized carbons (Fsp3) is 0.364. The quantitative estimate of drug-likeness (QED) is 0.432. The van der Waals surface area contributed by atoms with Gasteiger partial charge in [0.15, 0.2) is 6.61 Å². The van der Waals surface area contributed by atoms with Crippen molar-refractivity contribution in [3.8, 4) is 0 Å². The van der Waals surface area contributed by atoms with Crippen LogP contribution in [-0.4, -0.2) is 41.4 Å². The molecular weight excluding hydrogens is 424 g/mol. The summed E-state index contributed by atoms with van der Waals surface area (Å²) in [4.78, 5) is 37.6. The fourth-order valence-electron chi connectivity index (χ4n) is 3.77. The molecular formula is C22H21F2N3O3S. The van der Waals surface area contributed by atoms with Crippen LogP contribution >= 0.6 is 11.3 Å². The summed E-state index contributed by atoms with van der Waals surface area (Å²) in [6, 6.07) is 2.61. The molecule has 6 nitrogen and oxygen atoms in total. The lowest BCUT2D eigenvalue weighted by atomic mass is 9.96. The number of carbonyl (C=O) groups excluding carboxylic acids is 2. The minimum Gasteiger partial charge on any atom is -0.457 e. The van der Waals surface area contributed by atoms with E-state index in [0.29, 0.717) is 25.9 Å². The van der Waals surface area contributed by atoms with E-state index in [1.54, 1.807) is 17.7 Å². The molecule has 1 aliphatic heterocycles. The van der Waals surface area contributed by atoms with Gasteiger partial charge in [0.2, 0.25) is 5.78 Å². The summed E-state index contributed by atoms with van der Waals surface area (Å²) in [7, 11) is 0. The van der Waals surface area contributed by atoms with Gasteiger partial charge in [-0.3, -0.25) is 9.59 Å². The van der Waals surface area contributed by atoms with Crippen molar-refractivity contribution >= 4 is 39.1 Å². The van der Waals surface area contributed by atoms with Crippen LogP contribution in [0.3, 0.4) is 0 Å². The van der Waals surface area contributed by atoms with Crippen molar-refractivity contribution in [2.75, 3.05) is 24.6 Å². The minimum absolute atomic E-state index is 0.357. The van der Waals surface area contributed by atoms with Crippen LogP contribution in [-0.2, 0) is 9.53 Å². The number of Topliss-reactive ketones (excluding diaryl/α,β-unsaturated/α-hetero) is 1. The summed E-state index contributed by atoms with van der Waals surface area (Å²) in [5.74, 6) is -2.32. The van der Waals surface area contributed by atoms with E-state index in [2.05, 4.69) is 28.7 Å². The molecule has 0 bridgehead atoms. The van der Waals surface area contributed by atoms with Crippen molar-refractivity contribution < 1.29 is 23.1 Å². The zero-order valence-electron chi connectivity index (χ0n) is 17.2. The summed E-state index contributed by atoms with van der Waals surface area (Å²) in [5.41, 5.74) is 0.747. The first-order chi connectivity index (χ1) is 14.8. The summed E-state index contributed by atoms with van der Waals surface area (Å²) < 4.78 is 32.1. The lowest BCUT2D eigenvalue weighted by Crippen LogP contribution is -2.38. The molecule has 1 saturated heterocycles. The van der Waals surface area contributed by atoms with Gasteiger partial charge in [0.25, 0.3) is 0 Å². The Labute approximate surface area is 181 Å². The summed E-state index contributed by atoms with van der Waals surface area (Å²) in [6.45, 7) is 4.74. The molecule has 0 aliphatic carbocycles. The highest BCUT2D eigenvalue weighted by atomic mass is 32.1. The fourth-order valence-corrected chi connectivity index (χ4v) is 4.77. The highest BCUT2D eigenvalue weighted by Crippen LogP contribution is 2.35. The van der Waals surface area contributed by atoms with Crippen molar-refractivity contribution in [3.63, 3.8) is 0 Å². The van der Waals surface area contributed by atoms with Crippen molar-refractivity contribution in [1.82, 2.24) is 9.97 Å². The molecule has 4 rings (SSSR count). The van der Waals surface area contributed by atoms with Crippen molar-refractivity contribution in [3.05, 3.63) is 52.2 Å². The van der Waals surface area contributed by atoms with Crippen LogP contribution in [0.25, 0.3) is 10.2 Å². The number of ketones is 1. The van der Waals surface area contributed by atoms with Gasteiger partial charge in [-0.1, -0.05) is 0 Å². The average molecular weight is 445 g/mol. The molecule has 3 heterocycles. The number of hydrogen-bond donors (Lipinski definition) is 0. The van der Waals surface area contributed by atoms with Crippen molar-refractivity contribution in [1.29, 1.82) is 0 Å². The number of hydrogen-bond acceptors (Lipinski definition) is 7. The van der Waals surface area contributed by atoms with Gasteiger partial charge in [-0.05, 0) is 50.5 Å². The number of aryl methyl sites for hydroxylation is 2. The highest BCUT2D eigenvalue weighted by molar-refractivity contribution is 7.18. The number of benzene rings is 1. The Morgan fingerprint density at radius 1 is 1.19 bits per heavy atom. The Morgan fingerprint density at radius 2 is 1.94 bits per heavy atom. The van der Waals surface area contributed by atoms with Gasteiger partial charge < -0.3 is 9.64 Å². The first kappa shape index (κ1) is 21.3. The van der Waals surface area contributed by atoms with E-state index in [0.717, 1.165) is 34.2 Å². The second kappa shape index (κ2) is 8.66. The molecule has 162 valence electrons. The maximum atomic E-state index is 13.7. The van der Waals surface area contributed by atoms with Gasteiger partial charge in [0.05, 0.1) is 16.9 Å². The topological polar surface area (TPSA) is 72.4 Å². The average Bonchev–Trinajstić information content (AvgIpc) is 3.07. The van der Waals surface area contributed by atoms with Crippen LogP contribution in [0.5, 0.6) is 0 Å². The molecule has 3 aromatic rings. The molecule has 2 aromatic heterocycles. The third kappa shape index (κ3) is 4.27. The third-order valence-electron chi connectivity index (χ3n) is 5.65. The van der Waals surface area contributed by atoms with Gasteiger partial charge in [0.1, 0.15) is 28.6 Å². The zero-order valence-corrected chi connectivity index (χ0v) is 18.0. The molecule has 1 aromatic carbocycles. The number of nitrogens with zero attached hydrogens (tertiary/aromatic N) is 3. The van der Waals surface area contributed by atoms with E-state index in [1.807, 2.05) is 0 Å². The standard InChI is InChI=1S/C22H21F2N3O3S/c1-12-13(2)31-21-19(12)20(25-11-26-21)27-7-5-14(6-8-27)22(29)30-10-18(28)16-9-15(23)3-4-17(16)24/h3-4,9,11,14H,5-8,10H2,1-2H3. The molecule has 0 saturated carbocycles. The largest absolute Gasteiger partial charge is 0.457 e. The SMILES string of the molecule is Cc1sc2ncnc(N3CCC(C(=O)OCC(=O)c4cc(F)ccc4F)CC3)c2c1C. The van der Waals surface area contributed by atoms with E-state index in [4.69, 9.17) is 4.74 Å². The van der Waals surface area contributed by atoms with Gasteiger partial charge in [-0.2, -0.15) is 0 Å². The van der Waals surface area contributed by atoms with E-state index < -0.39 is 35.6 Å². The van der Waals surface area contributed by atoms with Crippen LogP contribution < -0.4 is 4.90 Å². The molecule has 0 radical (unpaired) electrons. The second-order valence-electron chi connectivity index (χ2n) is 7.58. The Bertz CT molecular complexity index is 1160. The Kier molecular flexibility index (Phi) is 5.95. The number of esters is 1. The number of carbonyl (C=O) groups is 2.